The van der Waals surface area contributed by atoms with Crippen LogP contribution in [0.25, 0.3) is 0 Å². The zero-order valence-electron chi connectivity index (χ0n) is 21.4. The second-order valence-corrected chi connectivity index (χ2v) is 8.61. The van der Waals surface area contributed by atoms with Crippen molar-refractivity contribution >= 4 is 13.6 Å². The molecule has 6 nitrogen and oxygen atoms in total. The molecule has 0 radical (unpaired) electrons. The molecule has 0 bridgehead atoms. The van der Waals surface area contributed by atoms with Crippen molar-refractivity contribution in [3.8, 4) is 0 Å². The fourth-order valence-corrected chi connectivity index (χ4v) is 3.86. The second kappa shape index (κ2) is 16.6. The summed E-state index contributed by atoms with van der Waals surface area (Å²) in [7, 11) is -2.70. The number of hydrogen-bond donors (Lipinski definition) is 3. The molecule has 0 saturated carbocycles. The first-order chi connectivity index (χ1) is 12.8. The van der Waals surface area contributed by atoms with E-state index in [9.17, 15) is 9.36 Å². The second-order valence-electron chi connectivity index (χ2n) is 6.81. The molecule has 152 valence electrons. The van der Waals surface area contributed by atoms with E-state index in [1.54, 1.807) is 0 Å². The third-order valence-corrected chi connectivity index (χ3v) is 5.69. The van der Waals surface area contributed by atoms with Gasteiger partial charge in [-0.15, -0.1) is 0 Å². The Balaban J connectivity index is -0.000000436. The first-order valence-electron chi connectivity index (χ1n) is 8.84. The summed E-state index contributed by atoms with van der Waals surface area (Å²) in [6.07, 6.45) is 1.22. The van der Waals surface area contributed by atoms with Crippen LogP contribution in [-0.2, 0) is 22.3 Å². The summed E-state index contributed by atoms with van der Waals surface area (Å²) in [5, 5.41) is 8.96. The van der Waals surface area contributed by atoms with Gasteiger partial charge < -0.3 is 24.1 Å². The zero-order valence-corrected chi connectivity index (χ0v) is 25.3. The van der Waals surface area contributed by atoms with Gasteiger partial charge in [-0.3, -0.25) is 9.36 Å². The van der Waals surface area contributed by atoms with Crippen LogP contribution in [0.15, 0.2) is 54.6 Å². The molecular formula is C20H29NNa3O5P. The van der Waals surface area contributed by atoms with Gasteiger partial charge in [0.15, 0.2) is 5.66 Å². The fourth-order valence-electron chi connectivity index (χ4n) is 3.05. The van der Waals surface area contributed by atoms with Gasteiger partial charge in [0.25, 0.3) is 0 Å². The van der Waals surface area contributed by atoms with Gasteiger partial charge in [0.1, 0.15) is 0 Å². The van der Waals surface area contributed by atoms with Crippen LogP contribution in [0.1, 0.15) is 33.8 Å². The van der Waals surface area contributed by atoms with E-state index >= 15 is 0 Å². The van der Waals surface area contributed by atoms with E-state index in [1.165, 1.54) is 11.1 Å². The molecule has 2 aromatic rings. The first-order valence-corrected chi connectivity index (χ1v) is 10.5. The Kier molecular flexibility index (Phi) is 18.4. The summed E-state index contributed by atoms with van der Waals surface area (Å²) in [5.74, 6) is -1.44. The van der Waals surface area contributed by atoms with Gasteiger partial charge in [-0.2, -0.15) is 0 Å². The van der Waals surface area contributed by atoms with Crippen molar-refractivity contribution in [3.05, 3.63) is 71.3 Å². The summed E-state index contributed by atoms with van der Waals surface area (Å²) >= 11 is 0. The van der Waals surface area contributed by atoms with Gasteiger partial charge in [0.2, 0.25) is 0 Å². The number of hydrogen-bond acceptors (Lipinski definition) is 3. The minimum atomic E-state index is -4.62. The molecule has 3 N–H and O–H groups in total. The van der Waals surface area contributed by atoms with Crippen molar-refractivity contribution in [3.63, 3.8) is 0 Å². The molecule has 0 heterocycles. The van der Waals surface area contributed by atoms with Crippen LogP contribution in [-0.4, -0.2) is 45.0 Å². The van der Waals surface area contributed by atoms with Crippen molar-refractivity contribution in [1.29, 1.82) is 0 Å². The van der Waals surface area contributed by atoms with Crippen LogP contribution in [0.4, 0.5) is 0 Å². The van der Waals surface area contributed by atoms with Crippen molar-refractivity contribution in [1.82, 2.24) is 4.90 Å². The van der Waals surface area contributed by atoms with E-state index < -0.39 is 19.2 Å². The predicted molar refractivity (Wildman–Crippen MR) is 108 cm³/mol. The first kappa shape index (κ1) is 33.2. The molecule has 0 aliphatic heterocycles. The molecule has 30 heavy (non-hydrogen) atoms. The van der Waals surface area contributed by atoms with Crippen LogP contribution >= 0.6 is 7.60 Å². The normalized spacial score (nSPS) is 11.6. The Morgan fingerprint density at radius 2 is 1.57 bits per heavy atom. The molecule has 2 aromatic carbocycles. The minimum absolute atomic E-state index is 0. The number of aliphatic carboxylic acids is 1. The molecule has 1 atom stereocenters. The molecule has 2 rings (SSSR count). The van der Waals surface area contributed by atoms with Gasteiger partial charge in [-0.05, 0) is 49.5 Å². The SMILES string of the molecule is CN(CCCC(C(=O)O)P(=O)(O)O)Cc1cccc(Cc2ccccc2)c1.[H-].[H-].[H-].[Na+].[Na+].[Na+]. The Bertz CT molecular complexity index is 819. The molecule has 0 fully saturated rings. The summed E-state index contributed by atoms with van der Waals surface area (Å²) in [5.41, 5.74) is 2.00. The van der Waals surface area contributed by atoms with Gasteiger partial charge in [-0.1, -0.05) is 54.6 Å². The average Bonchev–Trinajstić information content (AvgIpc) is 2.58. The van der Waals surface area contributed by atoms with Crippen LogP contribution in [0.2, 0.25) is 0 Å². The van der Waals surface area contributed by atoms with E-state index in [0.29, 0.717) is 19.5 Å². The van der Waals surface area contributed by atoms with Gasteiger partial charge in [-0.25, -0.2) is 0 Å². The Morgan fingerprint density at radius 3 is 2.13 bits per heavy atom. The number of nitrogens with zero attached hydrogens (tertiary/aromatic N) is 1. The molecular weight excluding hydrogens is 434 g/mol. The maximum atomic E-state index is 11.2. The topological polar surface area (TPSA) is 98.1 Å². The van der Waals surface area contributed by atoms with E-state index in [0.717, 1.165) is 12.0 Å². The summed E-state index contributed by atoms with van der Waals surface area (Å²) in [6, 6.07) is 18.5. The predicted octanol–water partition coefficient (Wildman–Crippen LogP) is -5.53. The summed E-state index contributed by atoms with van der Waals surface area (Å²) < 4.78 is 11.2. The molecule has 0 aliphatic rings. The molecule has 0 aromatic heterocycles. The average molecular weight is 463 g/mol. The molecule has 1 unspecified atom stereocenters. The largest absolute Gasteiger partial charge is 1.00 e. The summed E-state index contributed by atoms with van der Waals surface area (Å²) in [4.78, 5) is 31.3. The Hall–Kier alpha value is 1.02. The van der Waals surface area contributed by atoms with E-state index in [-0.39, 0.29) is 99.4 Å². The number of carbonyl (C=O) groups is 1. The van der Waals surface area contributed by atoms with Crippen molar-refractivity contribution < 1.29 is 117 Å². The Labute approximate surface area is 249 Å². The zero-order chi connectivity index (χ0) is 19.9. The van der Waals surface area contributed by atoms with Crippen molar-refractivity contribution in [2.45, 2.75) is 31.5 Å². The monoisotopic (exact) mass is 463 g/mol. The molecule has 0 aliphatic carbocycles. The van der Waals surface area contributed by atoms with Crippen LogP contribution in [0.3, 0.4) is 0 Å². The standard InChI is InChI=1S/C20H26NO5P.3Na.3H/c1-21(12-6-11-19(20(22)23)27(24,25)26)15-18-10-5-9-17(14-18)13-16-7-3-2-4-8-16;;;;;;/h2-5,7-10,14,19H,6,11-13,15H2,1H3,(H,22,23)(H2,24,25,26);;;;;;/q;3*+1;3*-1. The van der Waals surface area contributed by atoms with Gasteiger partial charge in [0.05, 0.1) is 0 Å². The smallest absolute Gasteiger partial charge is 1.00 e. The molecule has 0 spiro atoms. The third kappa shape index (κ3) is 12.3. The molecule has 0 saturated heterocycles. The summed E-state index contributed by atoms with van der Waals surface area (Å²) in [6.45, 7) is 1.25. The van der Waals surface area contributed by atoms with Crippen LogP contribution in [0.5, 0.6) is 0 Å². The number of rotatable bonds is 10. The number of carboxylic acids is 1. The maximum Gasteiger partial charge on any atom is 1.00 e. The van der Waals surface area contributed by atoms with Gasteiger partial charge in [0, 0.05) is 6.54 Å². The number of carboxylic acid groups (broad SMARTS) is 1. The minimum Gasteiger partial charge on any atom is -1.00 e. The van der Waals surface area contributed by atoms with Crippen molar-refractivity contribution in [2.24, 2.45) is 0 Å². The van der Waals surface area contributed by atoms with E-state index in [1.807, 2.05) is 42.3 Å². The van der Waals surface area contributed by atoms with E-state index in [2.05, 4.69) is 24.3 Å². The van der Waals surface area contributed by atoms with Crippen LogP contribution in [0, 0.1) is 0 Å². The quantitative estimate of drug-likeness (QED) is 0.240. The molecule has 10 heteroatoms. The van der Waals surface area contributed by atoms with Crippen molar-refractivity contribution in [2.75, 3.05) is 13.6 Å². The Morgan fingerprint density at radius 1 is 1.00 bits per heavy atom. The number of benzene rings is 2. The van der Waals surface area contributed by atoms with E-state index in [4.69, 9.17) is 14.9 Å². The van der Waals surface area contributed by atoms with Crippen LogP contribution < -0.4 is 88.7 Å². The maximum absolute atomic E-state index is 11.2. The van der Waals surface area contributed by atoms with Gasteiger partial charge >= 0.3 is 102 Å². The fraction of sp³-hybridized carbons (Fsp3) is 0.350. The third-order valence-electron chi connectivity index (χ3n) is 4.40. The molecule has 0 amide bonds.